The average molecular weight is 256 g/mol. The topological polar surface area (TPSA) is 24.9 Å². The van der Waals surface area contributed by atoms with Crippen molar-refractivity contribution in [3.63, 3.8) is 0 Å². The third-order valence-electron chi connectivity index (χ3n) is 3.39. The highest BCUT2D eigenvalue weighted by molar-refractivity contribution is 5.64. The Hall–Kier alpha value is -1.74. The van der Waals surface area contributed by atoms with E-state index in [4.69, 9.17) is 0 Å². The molecule has 3 heteroatoms. The van der Waals surface area contributed by atoms with Gasteiger partial charge in [0, 0.05) is 36.1 Å². The third kappa shape index (κ3) is 2.99. The lowest BCUT2D eigenvalue weighted by Gasteiger charge is -2.08. The normalized spacial score (nSPS) is 14.6. The van der Waals surface area contributed by atoms with Crippen LogP contribution < -0.4 is 5.32 Å². The molecule has 1 heterocycles. The van der Waals surface area contributed by atoms with Crippen molar-refractivity contribution >= 4 is 0 Å². The molecule has 2 aromatic rings. The lowest BCUT2D eigenvalue weighted by Crippen LogP contribution is -2.15. The first kappa shape index (κ1) is 12.3. The Kier molecular flexibility index (Phi) is 3.30. The van der Waals surface area contributed by atoms with Gasteiger partial charge in [0.25, 0.3) is 0 Å². The van der Waals surface area contributed by atoms with Crippen LogP contribution in [0.2, 0.25) is 0 Å². The van der Waals surface area contributed by atoms with Gasteiger partial charge in [0.1, 0.15) is 5.82 Å². The Bertz CT molecular complexity index is 591. The molecule has 1 aromatic carbocycles. The van der Waals surface area contributed by atoms with Gasteiger partial charge in [0.2, 0.25) is 0 Å². The molecule has 3 rings (SSSR count). The van der Waals surface area contributed by atoms with E-state index in [1.807, 2.05) is 25.1 Å². The summed E-state index contributed by atoms with van der Waals surface area (Å²) in [4.78, 5) is 4.13. The standard InChI is InChI=1S/C16H17FN2/c1-11-6-13(10-18-8-11)15-7-12(2-5-16(15)17)9-19-14-3-4-14/h2,5-8,10,14,19H,3-4,9H2,1H3. The summed E-state index contributed by atoms with van der Waals surface area (Å²) in [5, 5.41) is 3.44. The summed E-state index contributed by atoms with van der Waals surface area (Å²) in [5.41, 5.74) is 3.63. The molecule has 0 unspecified atom stereocenters. The average Bonchev–Trinajstić information content (AvgIpc) is 3.22. The second-order valence-electron chi connectivity index (χ2n) is 5.22. The number of nitrogens with zero attached hydrogens (tertiary/aromatic N) is 1. The zero-order valence-corrected chi connectivity index (χ0v) is 11.0. The van der Waals surface area contributed by atoms with Gasteiger partial charge >= 0.3 is 0 Å². The van der Waals surface area contributed by atoms with Crippen molar-refractivity contribution < 1.29 is 4.39 Å². The maximum Gasteiger partial charge on any atom is 0.131 e. The SMILES string of the molecule is Cc1cncc(-c2cc(CNC3CC3)ccc2F)c1. The first-order valence-corrected chi connectivity index (χ1v) is 6.66. The quantitative estimate of drug-likeness (QED) is 0.906. The summed E-state index contributed by atoms with van der Waals surface area (Å²) in [6, 6.07) is 7.93. The highest BCUT2D eigenvalue weighted by Gasteiger charge is 2.20. The molecule has 0 atom stereocenters. The Morgan fingerprint density at radius 2 is 2.11 bits per heavy atom. The number of rotatable bonds is 4. The summed E-state index contributed by atoms with van der Waals surface area (Å²) >= 11 is 0. The van der Waals surface area contributed by atoms with Gasteiger partial charge in [-0.1, -0.05) is 6.07 Å². The predicted molar refractivity (Wildman–Crippen MR) is 74.2 cm³/mol. The Morgan fingerprint density at radius 3 is 2.84 bits per heavy atom. The molecule has 0 bridgehead atoms. The molecule has 98 valence electrons. The van der Waals surface area contributed by atoms with Crippen LogP contribution in [0.3, 0.4) is 0 Å². The second-order valence-corrected chi connectivity index (χ2v) is 5.22. The molecule has 0 spiro atoms. The molecule has 1 saturated carbocycles. The van der Waals surface area contributed by atoms with Crippen LogP contribution in [0.5, 0.6) is 0 Å². The van der Waals surface area contributed by atoms with Gasteiger partial charge in [-0.2, -0.15) is 0 Å². The number of benzene rings is 1. The van der Waals surface area contributed by atoms with Crippen molar-refractivity contribution in [3.8, 4) is 11.1 Å². The number of halogens is 1. The summed E-state index contributed by atoms with van der Waals surface area (Å²) in [7, 11) is 0. The van der Waals surface area contributed by atoms with Gasteiger partial charge in [-0.15, -0.1) is 0 Å². The fourth-order valence-corrected chi connectivity index (χ4v) is 2.16. The Balaban J connectivity index is 1.88. The van der Waals surface area contributed by atoms with Crippen molar-refractivity contribution in [2.45, 2.75) is 32.4 Å². The summed E-state index contributed by atoms with van der Waals surface area (Å²) in [6.45, 7) is 2.77. The maximum atomic E-state index is 14.0. The molecule has 1 aliphatic carbocycles. The zero-order chi connectivity index (χ0) is 13.2. The smallest absolute Gasteiger partial charge is 0.131 e. The van der Waals surface area contributed by atoms with Crippen molar-refractivity contribution in [1.29, 1.82) is 0 Å². The molecule has 2 nitrogen and oxygen atoms in total. The van der Waals surface area contributed by atoms with Crippen LogP contribution in [0.4, 0.5) is 4.39 Å². The molecule has 0 aliphatic heterocycles. The molecular weight excluding hydrogens is 239 g/mol. The molecule has 1 N–H and O–H groups in total. The van der Waals surface area contributed by atoms with Crippen molar-refractivity contribution in [1.82, 2.24) is 10.3 Å². The summed E-state index contributed by atoms with van der Waals surface area (Å²) in [5.74, 6) is -0.192. The molecule has 19 heavy (non-hydrogen) atoms. The highest BCUT2D eigenvalue weighted by atomic mass is 19.1. The van der Waals surface area contributed by atoms with Crippen LogP contribution in [0.1, 0.15) is 24.0 Å². The Labute approximate surface area is 112 Å². The number of nitrogens with one attached hydrogen (secondary N) is 1. The summed E-state index contributed by atoms with van der Waals surface area (Å²) in [6.07, 6.45) is 6.01. The number of hydrogen-bond donors (Lipinski definition) is 1. The van der Waals surface area contributed by atoms with Gasteiger partial charge in [-0.05, 0) is 49.1 Å². The highest BCUT2D eigenvalue weighted by Crippen LogP contribution is 2.25. The zero-order valence-electron chi connectivity index (χ0n) is 11.0. The lowest BCUT2D eigenvalue weighted by molar-refractivity contribution is 0.628. The van der Waals surface area contributed by atoms with E-state index in [0.29, 0.717) is 11.6 Å². The Morgan fingerprint density at radius 1 is 1.26 bits per heavy atom. The van der Waals surface area contributed by atoms with Crippen LogP contribution in [-0.2, 0) is 6.54 Å². The van der Waals surface area contributed by atoms with E-state index in [9.17, 15) is 4.39 Å². The van der Waals surface area contributed by atoms with Crippen LogP contribution in [0, 0.1) is 12.7 Å². The second kappa shape index (κ2) is 5.10. The largest absolute Gasteiger partial charge is 0.310 e. The van der Waals surface area contributed by atoms with Crippen molar-refractivity contribution in [2.75, 3.05) is 0 Å². The van der Waals surface area contributed by atoms with Crippen molar-refractivity contribution in [2.24, 2.45) is 0 Å². The molecule has 0 amide bonds. The van der Waals surface area contributed by atoms with Gasteiger partial charge in [0.05, 0.1) is 0 Å². The van der Waals surface area contributed by atoms with Gasteiger partial charge in [0.15, 0.2) is 0 Å². The van der Waals surface area contributed by atoms with E-state index in [-0.39, 0.29) is 5.82 Å². The number of aryl methyl sites for hydroxylation is 1. The van der Waals surface area contributed by atoms with Crippen LogP contribution in [0.15, 0.2) is 36.7 Å². The first-order valence-electron chi connectivity index (χ1n) is 6.66. The maximum absolute atomic E-state index is 14.0. The predicted octanol–water partition coefficient (Wildman–Crippen LogP) is 3.45. The molecule has 0 radical (unpaired) electrons. The number of aromatic nitrogens is 1. The van der Waals surface area contributed by atoms with Gasteiger partial charge in [-0.3, -0.25) is 4.98 Å². The van der Waals surface area contributed by atoms with Gasteiger partial charge < -0.3 is 5.32 Å². The minimum Gasteiger partial charge on any atom is -0.310 e. The van der Waals surface area contributed by atoms with Crippen molar-refractivity contribution in [3.05, 3.63) is 53.6 Å². The van der Waals surface area contributed by atoms with E-state index in [0.717, 1.165) is 23.2 Å². The van der Waals surface area contributed by atoms with E-state index in [2.05, 4.69) is 10.3 Å². The molecule has 1 aliphatic rings. The molecule has 1 fully saturated rings. The van der Waals surface area contributed by atoms with Crippen LogP contribution in [0.25, 0.3) is 11.1 Å². The molecule has 0 saturated heterocycles. The van der Waals surface area contributed by atoms with E-state index in [1.54, 1.807) is 18.5 Å². The molecule has 1 aromatic heterocycles. The fraction of sp³-hybridized carbons (Fsp3) is 0.312. The fourth-order valence-electron chi connectivity index (χ4n) is 2.16. The minimum absolute atomic E-state index is 0.192. The van der Waals surface area contributed by atoms with E-state index in [1.165, 1.54) is 12.8 Å². The third-order valence-corrected chi connectivity index (χ3v) is 3.39. The minimum atomic E-state index is -0.192. The number of pyridine rings is 1. The van der Waals surface area contributed by atoms with E-state index >= 15 is 0 Å². The van der Waals surface area contributed by atoms with Gasteiger partial charge in [-0.25, -0.2) is 4.39 Å². The van der Waals surface area contributed by atoms with Crippen LogP contribution in [-0.4, -0.2) is 11.0 Å². The lowest BCUT2D eigenvalue weighted by atomic mass is 10.0. The van der Waals surface area contributed by atoms with E-state index < -0.39 is 0 Å². The number of hydrogen-bond acceptors (Lipinski definition) is 2. The van der Waals surface area contributed by atoms with Crippen LogP contribution >= 0.6 is 0 Å². The first-order chi connectivity index (χ1) is 9.22. The monoisotopic (exact) mass is 256 g/mol. The molecular formula is C16H17FN2. The summed E-state index contributed by atoms with van der Waals surface area (Å²) < 4.78 is 14.0.